The molecular weight excluding hydrogens is 532 g/mol. The lowest BCUT2D eigenvalue weighted by Crippen LogP contribution is -2.37. The average molecular weight is 563 g/mol. The Hall–Kier alpha value is -3.27. The zero-order valence-corrected chi connectivity index (χ0v) is 22.1. The van der Waals surface area contributed by atoms with Gasteiger partial charge in [-0.05, 0) is 45.6 Å². The lowest BCUT2D eigenvalue weighted by Gasteiger charge is -2.26. The molecule has 1 amide bonds. The third-order valence-corrected chi connectivity index (χ3v) is 7.32. The van der Waals surface area contributed by atoms with Crippen molar-refractivity contribution in [1.29, 1.82) is 0 Å². The Bertz CT molecular complexity index is 1320. The van der Waals surface area contributed by atoms with Crippen molar-refractivity contribution >= 4 is 11.7 Å². The number of halogens is 4. The fourth-order valence-corrected chi connectivity index (χ4v) is 4.87. The van der Waals surface area contributed by atoms with Gasteiger partial charge in [0.2, 0.25) is 6.17 Å². The van der Waals surface area contributed by atoms with Gasteiger partial charge in [-0.15, -0.1) is 6.42 Å². The lowest BCUT2D eigenvalue weighted by molar-refractivity contribution is -0.127. The summed E-state index contributed by atoms with van der Waals surface area (Å²) in [6.07, 6.45) is 2.94. The topological polar surface area (TPSA) is 94.6 Å². The minimum absolute atomic E-state index is 0.0202. The summed E-state index contributed by atoms with van der Waals surface area (Å²) in [4.78, 5) is 21.3. The van der Waals surface area contributed by atoms with E-state index in [1.807, 2.05) is 6.92 Å². The molecule has 3 fully saturated rings. The monoisotopic (exact) mass is 562 g/mol. The van der Waals surface area contributed by atoms with Crippen LogP contribution in [0.4, 0.5) is 23.4 Å². The van der Waals surface area contributed by atoms with E-state index in [9.17, 15) is 4.79 Å². The van der Waals surface area contributed by atoms with Crippen LogP contribution in [0.5, 0.6) is 0 Å². The summed E-state index contributed by atoms with van der Waals surface area (Å²) >= 11 is 0. The first-order valence-corrected chi connectivity index (χ1v) is 13.1. The predicted octanol–water partition coefficient (Wildman–Crippen LogP) is 4.71. The molecule has 3 atom stereocenters. The maximum Gasteiger partial charge on any atom is 0.301 e. The largest absolute Gasteiger partial charge is 0.372 e. The fraction of sp³-hybridized carbons (Fsp3) is 0.536. The summed E-state index contributed by atoms with van der Waals surface area (Å²) in [6, 6.07) is 2.25. The molecule has 3 heterocycles. The van der Waals surface area contributed by atoms with Crippen LogP contribution in [0.3, 0.4) is 0 Å². The second-order valence-electron chi connectivity index (χ2n) is 10.5. The Balaban J connectivity index is 1.51. The highest BCUT2D eigenvalue weighted by Crippen LogP contribution is 2.42. The Morgan fingerprint density at radius 2 is 1.93 bits per heavy atom. The fourth-order valence-electron chi connectivity index (χ4n) is 4.87. The molecule has 3 aliphatic rings. The number of hydrogen-bond donors (Lipinski definition) is 2. The van der Waals surface area contributed by atoms with Gasteiger partial charge >= 0.3 is 5.92 Å². The van der Waals surface area contributed by atoms with Crippen molar-refractivity contribution in [2.24, 2.45) is 0 Å². The number of nitrogens with zero attached hydrogens (tertiary/aromatic N) is 2. The van der Waals surface area contributed by atoms with Gasteiger partial charge in [-0.25, -0.2) is 18.7 Å². The molecule has 2 aromatic rings. The highest BCUT2D eigenvalue weighted by molar-refractivity contribution is 5.83. The molecule has 2 N–H and O–H groups in total. The van der Waals surface area contributed by atoms with Crippen molar-refractivity contribution in [2.75, 3.05) is 25.1 Å². The van der Waals surface area contributed by atoms with Crippen LogP contribution in [0.15, 0.2) is 18.2 Å². The number of hydrogen-bond acceptors (Lipinski definition) is 7. The Labute approximate surface area is 229 Å². The first-order chi connectivity index (χ1) is 19.0. The maximum absolute atomic E-state index is 15.7. The molecule has 2 saturated heterocycles. The second kappa shape index (κ2) is 11.0. The molecule has 5 rings (SSSR count). The number of carbonyl (C=O) groups is 1. The number of ether oxygens (including phenoxy) is 3. The minimum atomic E-state index is -3.59. The van der Waals surface area contributed by atoms with Crippen LogP contribution >= 0.6 is 0 Å². The van der Waals surface area contributed by atoms with Crippen LogP contribution in [-0.2, 0) is 24.9 Å². The van der Waals surface area contributed by atoms with Crippen molar-refractivity contribution in [1.82, 2.24) is 15.3 Å². The van der Waals surface area contributed by atoms with Crippen LogP contribution in [0.1, 0.15) is 79.3 Å². The van der Waals surface area contributed by atoms with Gasteiger partial charge < -0.3 is 24.8 Å². The van der Waals surface area contributed by atoms with Gasteiger partial charge in [0, 0.05) is 17.7 Å². The molecule has 1 aromatic heterocycles. The number of terminal acetylenes is 1. The van der Waals surface area contributed by atoms with E-state index in [0.717, 1.165) is 18.9 Å². The highest BCUT2D eigenvalue weighted by Gasteiger charge is 2.47. The van der Waals surface area contributed by atoms with Crippen molar-refractivity contribution < 1.29 is 36.6 Å². The summed E-state index contributed by atoms with van der Waals surface area (Å²) in [5, 5.41) is 5.53. The number of aromatic nitrogens is 2. The number of benzene rings is 1. The Kier molecular flexibility index (Phi) is 7.74. The minimum Gasteiger partial charge on any atom is -0.372 e. The summed E-state index contributed by atoms with van der Waals surface area (Å²) in [6.45, 7) is 3.84. The standard InChI is InChI=1S/C28H30F4N4O4/c1-4-18(16-7-5-8-17(21(16)29)28(31,32)19-9-6-12-38-19)35-24-20(26-39-13-14-40-26)23(33-15(2)34-24)22(30)25(37)36-27(3)10-11-27/h1,5,7-8,18-19,22,26H,6,9-14H2,2-3H3,(H,36,37)(H,33,34,35)/t18?,19-,22?/m0/s1. The summed E-state index contributed by atoms with van der Waals surface area (Å²) in [5.74, 6) is -3.28. The molecule has 2 unspecified atom stereocenters. The van der Waals surface area contributed by atoms with Gasteiger partial charge in [-0.2, -0.15) is 8.78 Å². The summed E-state index contributed by atoms with van der Waals surface area (Å²) in [5.41, 5.74) is -1.87. The number of alkyl halides is 3. The van der Waals surface area contributed by atoms with Crippen molar-refractivity contribution in [3.05, 3.63) is 52.2 Å². The van der Waals surface area contributed by atoms with E-state index in [1.165, 1.54) is 19.1 Å². The van der Waals surface area contributed by atoms with Crippen LogP contribution in [0.25, 0.3) is 0 Å². The molecule has 8 nitrogen and oxygen atoms in total. The predicted molar refractivity (Wildman–Crippen MR) is 136 cm³/mol. The normalized spacial score (nSPS) is 22.0. The van der Waals surface area contributed by atoms with E-state index in [4.69, 9.17) is 20.6 Å². The molecule has 214 valence electrons. The molecule has 0 bridgehead atoms. The summed E-state index contributed by atoms with van der Waals surface area (Å²) < 4.78 is 78.0. The van der Waals surface area contributed by atoms with Crippen LogP contribution in [0, 0.1) is 25.1 Å². The number of rotatable bonds is 9. The summed E-state index contributed by atoms with van der Waals surface area (Å²) in [7, 11) is 0. The van der Waals surface area contributed by atoms with Gasteiger partial charge in [0.1, 0.15) is 29.6 Å². The number of carbonyl (C=O) groups excluding carboxylic acids is 1. The highest BCUT2D eigenvalue weighted by atomic mass is 19.3. The number of aryl methyl sites for hydroxylation is 1. The molecular formula is C28H30F4N4O4. The third-order valence-electron chi connectivity index (χ3n) is 7.32. The first-order valence-electron chi connectivity index (χ1n) is 13.1. The van der Waals surface area contributed by atoms with Gasteiger partial charge in [-0.1, -0.05) is 18.1 Å². The van der Waals surface area contributed by atoms with E-state index < -0.39 is 53.4 Å². The van der Waals surface area contributed by atoms with Gasteiger partial charge in [-0.3, -0.25) is 4.79 Å². The molecule has 0 radical (unpaired) electrons. The first kappa shape index (κ1) is 28.3. The molecule has 1 saturated carbocycles. The van der Waals surface area contributed by atoms with Gasteiger partial charge in [0.15, 0.2) is 6.29 Å². The van der Waals surface area contributed by atoms with Gasteiger partial charge in [0.25, 0.3) is 5.91 Å². The third kappa shape index (κ3) is 5.50. The quantitative estimate of drug-likeness (QED) is 0.338. The van der Waals surface area contributed by atoms with Crippen molar-refractivity contribution in [3.63, 3.8) is 0 Å². The number of amides is 1. The van der Waals surface area contributed by atoms with Crippen LogP contribution in [-0.4, -0.2) is 47.3 Å². The van der Waals surface area contributed by atoms with E-state index in [1.54, 1.807) is 0 Å². The SMILES string of the molecule is C#CC(Nc1nc(C)nc(C(F)C(=O)NC2(C)CC2)c1C1OCCO1)c1cccc(C(F)(F)[C@@H]2CCCO2)c1F. The molecule has 1 aliphatic carbocycles. The smallest absolute Gasteiger partial charge is 0.301 e. The zero-order valence-electron chi connectivity index (χ0n) is 22.1. The Morgan fingerprint density at radius 3 is 2.55 bits per heavy atom. The molecule has 2 aliphatic heterocycles. The second-order valence-corrected chi connectivity index (χ2v) is 10.5. The lowest BCUT2D eigenvalue weighted by atomic mass is 9.95. The zero-order chi connectivity index (χ0) is 28.7. The molecule has 12 heteroatoms. The van der Waals surface area contributed by atoms with E-state index >= 15 is 17.6 Å². The molecule has 0 spiro atoms. The van der Waals surface area contributed by atoms with E-state index in [2.05, 4.69) is 26.5 Å². The maximum atomic E-state index is 15.7. The number of anilines is 1. The van der Waals surface area contributed by atoms with E-state index in [0.29, 0.717) is 6.42 Å². The van der Waals surface area contributed by atoms with E-state index in [-0.39, 0.29) is 54.7 Å². The Morgan fingerprint density at radius 1 is 1.20 bits per heavy atom. The van der Waals surface area contributed by atoms with Crippen LogP contribution in [0.2, 0.25) is 0 Å². The molecule has 1 aromatic carbocycles. The van der Waals surface area contributed by atoms with Crippen molar-refractivity contribution in [3.8, 4) is 12.3 Å². The van der Waals surface area contributed by atoms with Gasteiger partial charge in [0.05, 0.1) is 30.0 Å². The average Bonchev–Trinajstić information content (AvgIpc) is 3.34. The van der Waals surface area contributed by atoms with Crippen LogP contribution < -0.4 is 10.6 Å². The number of nitrogens with one attached hydrogen (secondary N) is 2. The van der Waals surface area contributed by atoms with Crippen molar-refractivity contribution in [2.45, 2.75) is 75.6 Å². The molecule has 40 heavy (non-hydrogen) atoms.